The van der Waals surface area contributed by atoms with Crippen LogP contribution in [0, 0.1) is 5.92 Å². The summed E-state index contributed by atoms with van der Waals surface area (Å²) in [6.07, 6.45) is -2.45. The Kier molecular flexibility index (Phi) is 4.47. The normalized spacial score (nSPS) is 19.9. The van der Waals surface area contributed by atoms with E-state index in [4.69, 9.17) is 5.11 Å². The van der Waals surface area contributed by atoms with Gasteiger partial charge in [0.2, 0.25) is 5.91 Å². The third kappa shape index (κ3) is 3.50. The number of nitrogens with one attached hydrogen (secondary N) is 1. The molecule has 0 aromatic heterocycles. The summed E-state index contributed by atoms with van der Waals surface area (Å²) in [5, 5.41) is 11.4. The number of aliphatic hydroxyl groups excluding tert-OH is 1. The number of aryl methyl sites for hydroxylation is 1. The lowest BCUT2D eigenvalue weighted by atomic mass is 9.83. The van der Waals surface area contributed by atoms with Gasteiger partial charge < -0.3 is 10.4 Å². The summed E-state index contributed by atoms with van der Waals surface area (Å²) in [5.74, 6) is -0.450. The second-order valence-electron chi connectivity index (χ2n) is 4.86. The fraction of sp³-hybridized carbons (Fsp3) is 0.500. The maximum Gasteiger partial charge on any atom is 0.265 e. The molecule has 0 aliphatic heterocycles. The minimum Gasteiger partial charge on any atom is -0.385 e. The molecule has 2 N–H and O–H groups in total. The van der Waals surface area contributed by atoms with Gasteiger partial charge in [0.15, 0.2) is 0 Å². The summed E-state index contributed by atoms with van der Waals surface area (Å²) in [7, 11) is 0. The molecule has 1 amide bonds. The van der Waals surface area contributed by atoms with E-state index in [1.54, 1.807) is 0 Å². The van der Waals surface area contributed by atoms with Gasteiger partial charge in [0.25, 0.3) is 6.43 Å². The van der Waals surface area contributed by atoms with Crippen molar-refractivity contribution >= 4 is 5.91 Å². The number of halogens is 2. The summed E-state index contributed by atoms with van der Waals surface area (Å²) < 4.78 is 24.2. The van der Waals surface area contributed by atoms with Gasteiger partial charge in [-0.25, -0.2) is 8.78 Å². The van der Waals surface area contributed by atoms with Crippen LogP contribution in [0.4, 0.5) is 8.78 Å². The third-order valence-corrected chi connectivity index (χ3v) is 3.49. The number of carbonyl (C=O) groups is 1. The van der Waals surface area contributed by atoms with E-state index in [1.807, 2.05) is 24.3 Å². The van der Waals surface area contributed by atoms with Crippen LogP contribution in [0.15, 0.2) is 24.3 Å². The first-order valence-electron chi connectivity index (χ1n) is 6.38. The molecule has 1 aliphatic carbocycles. The molecule has 0 saturated heterocycles. The second-order valence-corrected chi connectivity index (χ2v) is 4.86. The molecule has 2 atom stereocenters. The van der Waals surface area contributed by atoms with E-state index < -0.39 is 19.1 Å². The lowest BCUT2D eigenvalue weighted by Gasteiger charge is -2.24. The van der Waals surface area contributed by atoms with Crippen molar-refractivity contribution in [2.45, 2.75) is 31.8 Å². The molecule has 2 rings (SSSR count). The molecule has 1 aliphatic rings. The summed E-state index contributed by atoms with van der Waals surface area (Å²) in [5.41, 5.74) is 2.39. The van der Waals surface area contributed by atoms with Crippen LogP contribution in [0.1, 0.15) is 17.5 Å². The minimum atomic E-state index is -2.83. The zero-order chi connectivity index (χ0) is 13.8. The van der Waals surface area contributed by atoms with E-state index in [0.717, 1.165) is 12.0 Å². The van der Waals surface area contributed by atoms with Crippen molar-refractivity contribution in [3.63, 3.8) is 0 Å². The zero-order valence-corrected chi connectivity index (χ0v) is 10.5. The first-order chi connectivity index (χ1) is 9.08. The van der Waals surface area contributed by atoms with Gasteiger partial charge in [-0.1, -0.05) is 24.3 Å². The van der Waals surface area contributed by atoms with E-state index >= 15 is 0 Å². The molecule has 0 saturated carbocycles. The van der Waals surface area contributed by atoms with Gasteiger partial charge in [-0.2, -0.15) is 0 Å². The van der Waals surface area contributed by atoms with Crippen LogP contribution in [-0.2, 0) is 17.6 Å². The number of benzene rings is 1. The molecule has 19 heavy (non-hydrogen) atoms. The molecule has 0 heterocycles. The van der Waals surface area contributed by atoms with Gasteiger partial charge in [0.05, 0.1) is 0 Å². The number of alkyl halides is 2. The third-order valence-electron chi connectivity index (χ3n) is 3.49. The Morgan fingerprint density at radius 2 is 2.05 bits per heavy atom. The number of hydrogen-bond donors (Lipinski definition) is 2. The van der Waals surface area contributed by atoms with Gasteiger partial charge in [-0.15, -0.1) is 0 Å². The van der Waals surface area contributed by atoms with Crippen molar-refractivity contribution in [2.75, 3.05) is 6.54 Å². The summed E-state index contributed by atoms with van der Waals surface area (Å²) >= 11 is 0. The van der Waals surface area contributed by atoms with Gasteiger partial charge >= 0.3 is 0 Å². The largest absolute Gasteiger partial charge is 0.385 e. The van der Waals surface area contributed by atoms with Gasteiger partial charge in [-0.3, -0.25) is 4.79 Å². The molecule has 3 nitrogen and oxygen atoms in total. The number of rotatable bonds is 4. The van der Waals surface area contributed by atoms with Crippen molar-refractivity contribution in [2.24, 2.45) is 5.92 Å². The van der Waals surface area contributed by atoms with Crippen LogP contribution in [0.5, 0.6) is 0 Å². The highest BCUT2D eigenvalue weighted by molar-refractivity contribution is 5.79. The van der Waals surface area contributed by atoms with Crippen LogP contribution in [0.3, 0.4) is 0 Å². The number of amides is 1. The molecule has 1 aromatic carbocycles. The van der Waals surface area contributed by atoms with Gasteiger partial charge in [-0.05, 0) is 30.4 Å². The summed E-state index contributed by atoms with van der Waals surface area (Å²) in [4.78, 5) is 11.9. The summed E-state index contributed by atoms with van der Waals surface area (Å²) in [6, 6.07) is 7.94. The average molecular weight is 269 g/mol. The highest BCUT2D eigenvalue weighted by Crippen LogP contribution is 2.25. The van der Waals surface area contributed by atoms with Crippen molar-refractivity contribution in [1.82, 2.24) is 5.32 Å². The number of hydrogen-bond acceptors (Lipinski definition) is 2. The van der Waals surface area contributed by atoms with E-state index in [-0.39, 0.29) is 11.8 Å². The molecular weight excluding hydrogens is 252 g/mol. The lowest BCUT2D eigenvalue weighted by molar-refractivity contribution is -0.126. The van der Waals surface area contributed by atoms with Crippen LogP contribution < -0.4 is 5.32 Å². The van der Waals surface area contributed by atoms with Gasteiger partial charge in [0, 0.05) is 12.5 Å². The van der Waals surface area contributed by atoms with E-state index in [0.29, 0.717) is 12.8 Å². The second kappa shape index (κ2) is 6.10. The molecular formula is C14H17F2NO2. The van der Waals surface area contributed by atoms with Crippen LogP contribution in [-0.4, -0.2) is 30.1 Å². The van der Waals surface area contributed by atoms with Crippen molar-refractivity contribution in [3.8, 4) is 0 Å². The lowest BCUT2D eigenvalue weighted by Crippen LogP contribution is -2.40. The molecule has 1 aromatic rings. The van der Waals surface area contributed by atoms with Crippen molar-refractivity contribution in [3.05, 3.63) is 35.4 Å². The SMILES string of the molecule is O=C(NCC(O)C(F)F)C1CCc2ccccc2C1. The number of fused-ring (bicyclic) bond motifs is 1. The van der Waals surface area contributed by atoms with Crippen LogP contribution >= 0.6 is 0 Å². The van der Waals surface area contributed by atoms with E-state index in [9.17, 15) is 13.6 Å². The number of aliphatic hydroxyl groups is 1. The zero-order valence-electron chi connectivity index (χ0n) is 10.5. The monoisotopic (exact) mass is 269 g/mol. The Morgan fingerprint density at radius 1 is 1.37 bits per heavy atom. The van der Waals surface area contributed by atoms with Gasteiger partial charge in [0.1, 0.15) is 6.10 Å². The Hall–Kier alpha value is -1.49. The Bertz CT molecular complexity index is 451. The Balaban J connectivity index is 1.89. The van der Waals surface area contributed by atoms with E-state index in [1.165, 1.54) is 5.56 Å². The fourth-order valence-electron chi connectivity index (χ4n) is 2.36. The predicted molar refractivity (Wildman–Crippen MR) is 67.0 cm³/mol. The Labute approximate surface area is 110 Å². The van der Waals surface area contributed by atoms with Crippen molar-refractivity contribution < 1.29 is 18.7 Å². The molecule has 0 bridgehead atoms. The molecule has 5 heteroatoms. The standard InChI is InChI=1S/C14H17F2NO2/c15-13(16)12(18)8-17-14(19)11-6-5-9-3-1-2-4-10(9)7-11/h1-4,11-13,18H,5-8H2,(H,17,19). The molecule has 0 fully saturated rings. The van der Waals surface area contributed by atoms with Crippen LogP contribution in [0.2, 0.25) is 0 Å². The smallest absolute Gasteiger partial charge is 0.265 e. The minimum absolute atomic E-state index is 0.195. The maximum absolute atomic E-state index is 12.1. The molecule has 104 valence electrons. The molecule has 0 radical (unpaired) electrons. The summed E-state index contributed by atoms with van der Waals surface area (Å²) in [6.45, 7) is -0.394. The van der Waals surface area contributed by atoms with Crippen molar-refractivity contribution in [1.29, 1.82) is 0 Å². The first-order valence-corrected chi connectivity index (χ1v) is 6.38. The first kappa shape index (κ1) is 13.9. The quantitative estimate of drug-likeness (QED) is 0.871. The van der Waals surface area contributed by atoms with Crippen LogP contribution in [0.25, 0.3) is 0 Å². The topological polar surface area (TPSA) is 49.3 Å². The number of carbonyl (C=O) groups excluding carboxylic acids is 1. The maximum atomic E-state index is 12.1. The van der Waals surface area contributed by atoms with E-state index in [2.05, 4.69) is 5.32 Å². The Morgan fingerprint density at radius 3 is 2.74 bits per heavy atom. The fourth-order valence-corrected chi connectivity index (χ4v) is 2.36. The highest BCUT2D eigenvalue weighted by Gasteiger charge is 2.25. The molecule has 0 spiro atoms. The predicted octanol–water partition coefficient (Wildman–Crippen LogP) is 1.53. The average Bonchev–Trinajstić information content (AvgIpc) is 2.43. The highest BCUT2D eigenvalue weighted by atomic mass is 19.3. The molecule has 2 unspecified atom stereocenters.